The summed E-state index contributed by atoms with van der Waals surface area (Å²) in [6, 6.07) is 14.1. The minimum Gasteiger partial charge on any atom is -0.492 e. The van der Waals surface area contributed by atoms with Gasteiger partial charge in [-0.2, -0.15) is 0 Å². The lowest BCUT2D eigenvalue weighted by atomic mass is 9.62. The van der Waals surface area contributed by atoms with E-state index >= 15 is 0 Å². The molecule has 3 nitrogen and oxygen atoms in total. The molecule has 1 fully saturated rings. The van der Waals surface area contributed by atoms with Crippen LogP contribution < -0.4 is 4.74 Å². The Bertz CT molecular complexity index is 948. The van der Waals surface area contributed by atoms with E-state index in [0.29, 0.717) is 12.4 Å². The van der Waals surface area contributed by atoms with Crippen molar-refractivity contribution < 1.29 is 14.6 Å². The number of para-hydroxylation sites is 1. The van der Waals surface area contributed by atoms with Crippen molar-refractivity contribution in [2.24, 2.45) is 0 Å². The lowest BCUT2D eigenvalue weighted by Gasteiger charge is -2.43. The fourth-order valence-electron chi connectivity index (χ4n) is 5.47. The molecular formula is C27H34O3. The molecule has 2 aromatic carbocycles. The molecule has 0 unspecified atom stereocenters. The summed E-state index contributed by atoms with van der Waals surface area (Å²) in [6.07, 6.45) is 6.97. The van der Waals surface area contributed by atoms with Crippen LogP contribution in [0.5, 0.6) is 5.75 Å². The van der Waals surface area contributed by atoms with Gasteiger partial charge in [-0.3, -0.25) is 0 Å². The van der Waals surface area contributed by atoms with Crippen LogP contribution in [0.2, 0.25) is 0 Å². The summed E-state index contributed by atoms with van der Waals surface area (Å²) in [5.74, 6) is -0.473. The quantitative estimate of drug-likeness (QED) is 0.606. The first-order valence-corrected chi connectivity index (χ1v) is 11.3. The van der Waals surface area contributed by atoms with Crippen molar-refractivity contribution in [2.75, 3.05) is 6.61 Å². The molecule has 0 radical (unpaired) electrons. The molecule has 0 aromatic heterocycles. The number of hydrogen-bond acceptors (Lipinski definition) is 2. The molecule has 0 atom stereocenters. The lowest BCUT2D eigenvalue weighted by Crippen LogP contribution is -2.36. The summed E-state index contributed by atoms with van der Waals surface area (Å²) in [7, 11) is 0. The number of ether oxygens (including phenoxy) is 1. The van der Waals surface area contributed by atoms with Gasteiger partial charge in [0.15, 0.2) is 0 Å². The minimum atomic E-state index is -0.941. The minimum absolute atomic E-state index is 0.0433. The van der Waals surface area contributed by atoms with Crippen molar-refractivity contribution in [3.8, 4) is 5.75 Å². The van der Waals surface area contributed by atoms with Crippen LogP contribution in [0.3, 0.4) is 0 Å². The van der Waals surface area contributed by atoms with Crippen LogP contribution in [-0.2, 0) is 16.2 Å². The van der Waals surface area contributed by atoms with E-state index in [1.165, 1.54) is 42.4 Å². The highest BCUT2D eigenvalue weighted by Gasteiger charge is 2.41. The maximum absolute atomic E-state index is 11.6. The summed E-state index contributed by atoms with van der Waals surface area (Å²) in [5.41, 5.74) is 4.90. The van der Waals surface area contributed by atoms with Crippen molar-refractivity contribution >= 4 is 5.97 Å². The predicted octanol–water partition coefficient (Wildman–Crippen LogP) is 6.62. The molecule has 30 heavy (non-hydrogen) atoms. The number of benzene rings is 2. The van der Waals surface area contributed by atoms with Gasteiger partial charge in [-0.1, -0.05) is 70.9 Å². The fourth-order valence-corrected chi connectivity index (χ4v) is 5.47. The highest BCUT2D eigenvalue weighted by Crippen LogP contribution is 2.49. The third kappa shape index (κ3) is 3.64. The van der Waals surface area contributed by atoms with Gasteiger partial charge in [0.2, 0.25) is 0 Å². The van der Waals surface area contributed by atoms with Crippen molar-refractivity contribution in [3.63, 3.8) is 0 Å². The highest BCUT2D eigenvalue weighted by molar-refractivity contribution is 5.90. The zero-order valence-electron chi connectivity index (χ0n) is 18.8. The third-order valence-corrected chi connectivity index (χ3v) is 7.65. The van der Waals surface area contributed by atoms with Crippen LogP contribution in [0.4, 0.5) is 0 Å². The molecule has 2 aliphatic rings. The summed E-state index contributed by atoms with van der Waals surface area (Å²) in [6.45, 7) is 9.98. The Hall–Kier alpha value is -2.29. The number of aromatic carboxylic acids is 1. The van der Waals surface area contributed by atoms with Gasteiger partial charge in [0.1, 0.15) is 11.3 Å². The maximum Gasteiger partial charge on any atom is 0.339 e. The number of rotatable bonds is 5. The van der Waals surface area contributed by atoms with E-state index in [2.05, 4.69) is 45.9 Å². The van der Waals surface area contributed by atoms with Gasteiger partial charge >= 0.3 is 5.97 Å². The van der Waals surface area contributed by atoms with Gasteiger partial charge in [-0.15, -0.1) is 0 Å². The smallest absolute Gasteiger partial charge is 0.339 e. The first-order valence-electron chi connectivity index (χ1n) is 11.3. The lowest BCUT2D eigenvalue weighted by molar-refractivity contribution is 0.0690. The Balaban J connectivity index is 1.70. The molecule has 3 heteroatoms. The van der Waals surface area contributed by atoms with E-state index in [1.54, 1.807) is 18.2 Å². The predicted molar refractivity (Wildman–Crippen MR) is 121 cm³/mol. The standard InChI is InChI=1S/C27H34O3/c1-25(2)15-16-26(3,4)22-17-19(11-12-21(22)25)27(13-7-8-14-27)18-30-23-10-6-5-9-20(23)24(28)29/h5-6,9-12,17H,7-8,13-16,18H2,1-4H3,(H,28,29). The molecule has 2 aliphatic carbocycles. The van der Waals surface area contributed by atoms with Crippen LogP contribution >= 0.6 is 0 Å². The molecule has 0 heterocycles. The fraction of sp³-hybridized carbons (Fsp3) is 0.519. The normalized spacial score (nSPS) is 21.1. The maximum atomic E-state index is 11.6. The second-order valence-electron chi connectivity index (χ2n) is 10.6. The second kappa shape index (κ2) is 7.44. The van der Waals surface area contributed by atoms with Gasteiger partial charge in [0.25, 0.3) is 0 Å². The SMILES string of the molecule is CC1(C)CCC(C)(C)c2cc(C3(COc4ccccc4C(=O)O)CCCC3)ccc21. The van der Waals surface area contributed by atoms with Crippen molar-refractivity contribution in [1.82, 2.24) is 0 Å². The monoisotopic (exact) mass is 406 g/mol. The summed E-state index contributed by atoms with van der Waals surface area (Å²) in [5, 5.41) is 9.50. The van der Waals surface area contributed by atoms with Crippen molar-refractivity contribution in [2.45, 2.75) is 82.5 Å². The summed E-state index contributed by atoms with van der Waals surface area (Å²) in [4.78, 5) is 11.6. The molecule has 0 spiro atoms. The van der Waals surface area contributed by atoms with Gasteiger partial charge in [-0.05, 0) is 65.3 Å². The molecule has 160 valence electrons. The summed E-state index contributed by atoms with van der Waals surface area (Å²) < 4.78 is 6.20. The van der Waals surface area contributed by atoms with E-state index in [1.807, 2.05) is 6.07 Å². The first-order chi connectivity index (χ1) is 14.1. The molecule has 0 bridgehead atoms. The Morgan fingerprint density at radius 2 is 1.53 bits per heavy atom. The van der Waals surface area contributed by atoms with Gasteiger partial charge in [0, 0.05) is 5.41 Å². The second-order valence-corrected chi connectivity index (χ2v) is 10.6. The number of fused-ring (bicyclic) bond motifs is 1. The van der Waals surface area contributed by atoms with E-state index in [4.69, 9.17) is 4.74 Å². The number of carboxylic acids is 1. The highest BCUT2D eigenvalue weighted by atomic mass is 16.5. The molecule has 0 amide bonds. The zero-order valence-corrected chi connectivity index (χ0v) is 18.8. The van der Waals surface area contributed by atoms with Crippen LogP contribution in [0.15, 0.2) is 42.5 Å². The Kier molecular flexibility index (Phi) is 5.20. The molecular weight excluding hydrogens is 372 g/mol. The van der Waals surface area contributed by atoms with Crippen LogP contribution in [0, 0.1) is 0 Å². The van der Waals surface area contributed by atoms with E-state index < -0.39 is 5.97 Å². The Morgan fingerprint density at radius 1 is 0.900 bits per heavy atom. The molecule has 1 N–H and O–H groups in total. The number of carbonyl (C=O) groups is 1. The van der Waals surface area contributed by atoms with Crippen molar-refractivity contribution in [1.29, 1.82) is 0 Å². The van der Waals surface area contributed by atoms with Crippen LogP contribution in [0.1, 0.15) is 93.3 Å². The number of carboxylic acid groups (broad SMARTS) is 1. The Labute approximate surface area is 180 Å². The van der Waals surface area contributed by atoms with Crippen LogP contribution in [0.25, 0.3) is 0 Å². The van der Waals surface area contributed by atoms with E-state index in [9.17, 15) is 9.90 Å². The largest absolute Gasteiger partial charge is 0.492 e. The Morgan fingerprint density at radius 3 is 2.20 bits per heavy atom. The molecule has 1 saturated carbocycles. The third-order valence-electron chi connectivity index (χ3n) is 7.65. The zero-order chi connectivity index (χ0) is 21.6. The molecule has 0 saturated heterocycles. The van der Waals surface area contributed by atoms with Gasteiger partial charge < -0.3 is 9.84 Å². The van der Waals surface area contributed by atoms with E-state index in [0.717, 1.165) is 12.8 Å². The topological polar surface area (TPSA) is 46.5 Å². The van der Waals surface area contributed by atoms with E-state index in [-0.39, 0.29) is 21.8 Å². The molecule has 2 aromatic rings. The average Bonchev–Trinajstić information content (AvgIpc) is 3.20. The average molecular weight is 407 g/mol. The van der Waals surface area contributed by atoms with Gasteiger partial charge in [0.05, 0.1) is 6.61 Å². The van der Waals surface area contributed by atoms with Crippen LogP contribution in [-0.4, -0.2) is 17.7 Å². The molecule has 0 aliphatic heterocycles. The first kappa shape index (κ1) is 21.0. The number of hydrogen-bond donors (Lipinski definition) is 1. The van der Waals surface area contributed by atoms with Crippen molar-refractivity contribution in [3.05, 3.63) is 64.7 Å². The molecule has 4 rings (SSSR count). The summed E-state index contributed by atoms with van der Waals surface area (Å²) >= 11 is 0. The van der Waals surface area contributed by atoms with Gasteiger partial charge in [-0.25, -0.2) is 4.79 Å².